The van der Waals surface area contributed by atoms with Crippen LogP contribution >= 0.6 is 0 Å². The van der Waals surface area contributed by atoms with Crippen LogP contribution in [-0.2, 0) is 16.1 Å². The number of ether oxygens (including phenoxy) is 2. The Morgan fingerprint density at radius 3 is 2.46 bits per heavy atom. The van der Waals surface area contributed by atoms with E-state index in [1.165, 1.54) is 0 Å². The molecule has 1 N–H and O–H groups in total. The van der Waals surface area contributed by atoms with E-state index < -0.39 is 5.92 Å². The molecule has 6 heteroatoms. The summed E-state index contributed by atoms with van der Waals surface area (Å²) in [5.74, 6) is 0.862. The minimum atomic E-state index is -0.456. The predicted molar refractivity (Wildman–Crippen MR) is 106 cm³/mol. The van der Waals surface area contributed by atoms with Crippen molar-refractivity contribution < 1.29 is 19.1 Å². The van der Waals surface area contributed by atoms with Crippen LogP contribution in [0.4, 0.5) is 0 Å². The number of hydrogen-bond acceptors (Lipinski definition) is 4. The number of para-hydroxylation sites is 1. The Labute approximate surface area is 165 Å². The van der Waals surface area contributed by atoms with Crippen LogP contribution in [-0.4, -0.2) is 37.5 Å². The standard InChI is InChI=1S/C22H26N2O4/c1-4-24-20(25)13-18(21(24)17-7-5-6-8-19(17)28-3)22(26)23-14-15-9-11-16(27-2)12-10-15/h5-12,18,21H,4,13-14H2,1-3H3,(H,23,26)/t18-,21+/m1/s1. The number of likely N-dealkylation sites (tertiary alicyclic amines) is 1. The lowest BCUT2D eigenvalue weighted by Gasteiger charge is -2.28. The van der Waals surface area contributed by atoms with E-state index in [2.05, 4.69) is 5.32 Å². The Bertz CT molecular complexity index is 835. The first-order valence-corrected chi connectivity index (χ1v) is 9.42. The number of amides is 2. The van der Waals surface area contributed by atoms with Crippen molar-refractivity contribution in [3.63, 3.8) is 0 Å². The topological polar surface area (TPSA) is 67.9 Å². The van der Waals surface area contributed by atoms with Crippen molar-refractivity contribution in [3.05, 3.63) is 59.7 Å². The summed E-state index contributed by atoms with van der Waals surface area (Å²) >= 11 is 0. The Hall–Kier alpha value is -3.02. The van der Waals surface area contributed by atoms with E-state index in [1.807, 2.05) is 55.5 Å². The molecule has 1 aliphatic rings. The van der Waals surface area contributed by atoms with Crippen molar-refractivity contribution in [2.75, 3.05) is 20.8 Å². The average molecular weight is 382 g/mol. The number of rotatable bonds is 7. The number of benzene rings is 2. The molecule has 0 radical (unpaired) electrons. The van der Waals surface area contributed by atoms with Gasteiger partial charge in [0.15, 0.2) is 0 Å². The van der Waals surface area contributed by atoms with Gasteiger partial charge in [-0.1, -0.05) is 30.3 Å². The molecule has 1 fully saturated rings. The zero-order valence-corrected chi connectivity index (χ0v) is 16.5. The Balaban J connectivity index is 1.79. The number of carbonyl (C=O) groups is 2. The van der Waals surface area contributed by atoms with Crippen molar-refractivity contribution in [1.29, 1.82) is 0 Å². The Morgan fingerprint density at radius 1 is 1.11 bits per heavy atom. The average Bonchev–Trinajstić information content (AvgIpc) is 3.08. The van der Waals surface area contributed by atoms with Crippen LogP contribution < -0.4 is 14.8 Å². The van der Waals surface area contributed by atoms with E-state index >= 15 is 0 Å². The lowest BCUT2D eigenvalue weighted by Crippen LogP contribution is -2.35. The molecule has 28 heavy (non-hydrogen) atoms. The van der Waals surface area contributed by atoms with Gasteiger partial charge in [-0.15, -0.1) is 0 Å². The molecule has 1 saturated heterocycles. The summed E-state index contributed by atoms with van der Waals surface area (Å²) in [4.78, 5) is 27.3. The van der Waals surface area contributed by atoms with Crippen LogP contribution in [0.15, 0.2) is 48.5 Å². The third kappa shape index (κ3) is 3.96. The number of carbonyl (C=O) groups excluding carboxylic acids is 2. The summed E-state index contributed by atoms with van der Waals surface area (Å²) in [7, 11) is 3.22. The fourth-order valence-corrected chi connectivity index (χ4v) is 3.76. The van der Waals surface area contributed by atoms with Gasteiger partial charge >= 0.3 is 0 Å². The highest BCUT2D eigenvalue weighted by Gasteiger charge is 2.44. The summed E-state index contributed by atoms with van der Waals surface area (Å²) in [6.07, 6.45) is 0.199. The quantitative estimate of drug-likeness (QED) is 0.800. The molecule has 0 unspecified atom stereocenters. The van der Waals surface area contributed by atoms with E-state index in [-0.39, 0.29) is 24.3 Å². The smallest absolute Gasteiger partial charge is 0.226 e. The van der Waals surface area contributed by atoms with Gasteiger partial charge in [-0.25, -0.2) is 0 Å². The molecular formula is C22H26N2O4. The van der Waals surface area contributed by atoms with Gasteiger partial charge in [0.25, 0.3) is 0 Å². The van der Waals surface area contributed by atoms with Crippen LogP contribution in [0.25, 0.3) is 0 Å². The highest BCUT2D eigenvalue weighted by molar-refractivity contribution is 5.90. The maximum Gasteiger partial charge on any atom is 0.226 e. The zero-order chi connectivity index (χ0) is 20.1. The van der Waals surface area contributed by atoms with Gasteiger partial charge in [0, 0.05) is 25.1 Å². The van der Waals surface area contributed by atoms with Crippen molar-refractivity contribution in [2.24, 2.45) is 5.92 Å². The molecule has 6 nitrogen and oxygen atoms in total. The monoisotopic (exact) mass is 382 g/mol. The highest BCUT2D eigenvalue weighted by Crippen LogP contribution is 2.41. The van der Waals surface area contributed by atoms with Gasteiger partial charge in [0.2, 0.25) is 11.8 Å². The van der Waals surface area contributed by atoms with Gasteiger partial charge in [0.1, 0.15) is 11.5 Å². The second-order valence-corrected chi connectivity index (χ2v) is 6.74. The molecule has 148 valence electrons. The normalized spacial score (nSPS) is 18.8. The number of methoxy groups -OCH3 is 2. The lowest BCUT2D eigenvalue weighted by molar-refractivity contribution is -0.129. The van der Waals surface area contributed by atoms with Gasteiger partial charge in [-0.05, 0) is 30.7 Å². The van der Waals surface area contributed by atoms with E-state index in [0.29, 0.717) is 18.8 Å². The largest absolute Gasteiger partial charge is 0.497 e. The molecule has 0 bridgehead atoms. The molecule has 0 aromatic heterocycles. The molecule has 0 spiro atoms. The number of nitrogens with one attached hydrogen (secondary N) is 1. The molecule has 3 rings (SSSR count). The van der Waals surface area contributed by atoms with E-state index in [9.17, 15) is 9.59 Å². The molecular weight excluding hydrogens is 356 g/mol. The lowest BCUT2D eigenvalue weighted by atomic mass is 9.92. The fraction of sp³-hybridized carbons (Fsp3) is 0.364. The predicted octanol–water partition coefficient (Wildman–Crippen LogP) is 2.93. The summed E-state index contributed by atoms with van der Waals surface area (Å²) in [5, 5.41) is 2.98. The molecule has 0 aliphatic carbocycles. The van der Waals surface area contributed by atoms with Crippen LogP contribution in [0, 0.1) is 5.92 Å². The third-order valence-corrected chi connectivity index (χ3v) is 5.19. The van der Waals surface area contributed by atoms with E-state index in [4.69, 9.17) is 9.47 Å². The summed E-state index contributed by atoms with van der Waals surface area (Å²) in [5.41, 5.74) is 1.84. The number of hydrogen-bond donors (Lipinski definition) is 1. The van der Waals surface area contributed by atoms with Crippen molar-refractivity contribution in [3.8, 4) is 11.5 Å². The zero-order valence-electron chi connectivity index (χ0n) is 16.5. The minimum absolute atomic E-state index is 0.0111. The molecule has 2 aromatic carbocycles. The Kier molecular flexibility index (Phi) is 6.19. The second-order valence-electron chi connectivity index (χ2n) is 6.74. The van der Waals surface area contributed by atoms with E-state index in [0.717, 1.165) is 16.9 Å². The van der Waals surface area contributed by atoms with Gasteiger partial charge in [-0.2, -0.15) is 0 Å². The third-order valence-electron chi connectivity index (χ3n) is 5.19. The fourth-order valence-electron chi connectivity index (χ4n) is 3.76. The maximum absolute atomic E-state index is 13.0. The summed E-state index contributed by atoms with van der Waals surface area (Å²) in [6.45, 7) is 2.88. The molecule has 2 atom stereocenters. The molecule has 2 amide bonds. The van der Waals surface area contributed by atoms with Crippen LogP contribution in [0.5, 0.6) is 11.5 Å². The number of nitrogens with zero attached hydrogens (tertiary/aromatic N) is 1. The molecule has 2 aromatic rings. The minimum Gasteiger partial charge on any atom is -0.497 e. The SMILES string of the molecule is CCN1C(=O)C[C@@H](C(=O)NCc2ccc(OC)cc2)[C@@H]1c1ccccc1OC. The van der Waals surface area contributed by atoms with Gasteiger partial charge < -0.3 is 19.7 Å². The van der Waals surface area contributed by atoms with Crippen molar-refractivity contribution in [2.45, 2.75) is 25.9 Å². The summed E-state index contributed by atoms with van der Waals surface area (Å²) in [6, 6.07) is 14.8. The molecule has 0 saturated carbocycles. The highest BCUT2D eigenvalue weighted by atomic mass is 16.5. The van der Waals surface area contributed by atoms with Crippen molar-refractivity contribution in [1.82, 2.24) is 10.2 Å². The molecule has 1 aliphatic heterocycles. The first kappa shape index (κ1) is 19.7. The van der Waals surface area contributed by atoms with E-state index in [1.54, 1.807) is 19.1 Å². The first-order chi connectivity index (χ1) is 13.6. The van der Waals surface area contributed by atoms with Crippen LogP contribution in [0.1, 0.15) is 30.5 Å². The van der Waals surface area contributed by atoms with Gasteiger partial charge in [0.05, 0.1) is 26.2 Å². The van der Waals surface area contributed by atoms with Crippen molar-refractivity contribution >= 4 is 11.8 Å². The van der Waals surface area contributed by atoms with Crippen LogP contribution in [0.3, 0.4) is 0 Å². The maximum atomic E-state index is 13.0. The second kappa shape index (κ2) is 8.78. The summed E-state index contributed by atoms with van der Waals surface area (Å²) < 4.78 is 10.6. The van der Waals surface area contributed by atoms with Crippen LogP contribution in [0.2, 0.25) is 0 Å². The van der Waals surface area contributed by atoms with Gasteiger partial charge in [-0.3, -0.25) is 9.59 Å². The Morgan fingerprint density at radius 2 is 1.82 bits per heavy atom. The molecule has 1 heterocycles. The first-order valence-electron chi connectivity index (χ1n) is 9.42.